The van der Waals surface area contributed by atoms with Crippen LogP contribution in [0.25, 0.3) is 0 Å². The molecule has 0 amide bonds. The molecule has 0 aliphatic carbocycles. The molecule has 0 radical (unpaired) electrons. The van der Waals surface area contributed by atoms with Gasteiger partial charge in [-0.05, 0) is 25.2 Å². The van der Waals surface area contributed by atoms with Gasteiger partial charge in [0.1, 0.15) is 18.8 Å². The first-order chi connectivity index (χ1) is 5.91. The Hall–Kier alpha value is -0.330. The third-order valence-corrected chi connectivity index (χ3v) is 3.25. The van der Waals surface area contributed by atoms with Gasteiger partial charge in [-0.3, -0.25) is 0 Å². The minimum atomic E-state index is 0.486. The molecule has 1 heteroatoms. The Morgan fingerprint density at radius 3 is 2.23 bits per heavy atom. The molecule has 0 fully saturated rings. The predicted molar refractivity (Wildman–Crippen MR) is 58.5 cm³/mol. The van der Waals surface area contributed by atoms with Gasteiger partial charge in [0.15, 0.2) is 0 Å². The van der Waals surface area contributed by atoms with Gasteiger partial charge in [0, 0.05) is 12.8 Å². The van der Waals surface area contributed by atoms with Crippen LogP contribution in [0.5, 0.6) is 0 Å². The molecule has 0 aromatic rings. The van der Waals surface area contributed by atoms with E-state index in [-0.39, 0.29) is 0 Å². The van der Waals surface area contributed by atoms with Crippen LogP contribution in [0.15, 0.2) is 0 Å². The van der Waals surface area contributed by atoms with Crippen LogP contribution in [0, 0.1) is 11.3 Å². The zero-order valence-electron chi connectivity index (χ0n) is 9.80. The van der Waals surface area contributed by atoms with Crippen molar-refractivity contribution in [2.75, 3.05) is 6.54 Å². The van der Waals surface area contributed by atoms with Gasteiger partial charge in [-0.25, -0.2) is 4.58 Å². The van der Waals surface area contributed by atoms with E-state index in [0.29, 0.717) is 11.5 Å². The Labute approximate surface area is 82.9 Å². The summed E-state index contributed by atoms with van der Waals surface area (Å²) < 4.78 is 2.47. The summed E-state index contributed by atoms with van der Waals surface area (Å²) in [6.45, 7) is 12.9. The van der Waals surface area contributed by atoms with Gasteiger partial charge in [-0.15, -0.1) is 0 Å². The third-order valence-electron chi connectivity index (χ3n) is 3.25. The highest BCUT2D eigenvalue weighted by atomic mass is 15.0. The molecule has 76 valence electrons. The summed E-state index contributed by atoms with van der Waals surface area (Å²) in [4.78, 5) is 0. The standard InChI is InChI=1S/C12H24N/c1-10(2)13-8-6-11(7-9-13)12(3,4)5/h8,10-11H,6-7,9H2,1-5H3/q+1. The summed E-state index contributed by atoms with van der Waals surface area (Å²) in [6.07, 6.45) is 5.03. The average molecular weight is 182 g/mol. The van der Waals surface area contributed by atoms with E-state index in [1.807, 2.05) is 0 Å². The Balaban J connectivity index is 2.56. The first kappa shape index (κ1) is 10.7. The first-order valence-electron chi connectivity index (χ1n) is 5.50. The van der Waals surface area contributed by atoms with E-state index in [9.17, 15) is 0 Å². The van der Waals surface area contributed by atoms with Crippen LogP contribution in [-0.4, -0.2) is 23.4 Å². The number of hydrogen-bond donors (Lipinski definition) is 0. The van der Waals surface area contributed by atoms with Crippen LogP contribution in [0.2, 0.25) is 0 Å². The summed E-state index contributed by atoms with van der Waals surface area (Å²) >= 11 is 0. The average Bonchev–Trinajstić information content (AvgIpc) is 2.03. The highest BCUT2D eigenvalue weighted by Gasteiger charge is 2.29. The largest absolute Gasteiger partial charge is 0.238 e. The van der Waals surface area contributed by atoms with E-state index in [1.165, 1.54) is 19.4 Å². The quantitative estimate of drug-likeness (QED) is 0.549. The maximum Gasteiger partial charge on any atom is 0.146 e. The summed E-state index contributed by atoms with van der Waals surface area (Å²) in [5.74, 6) is 0.877. The SMILES string of the molecule is CC(C)[N+]1=CCC(C(C)(C)C)CC1. The van der Waals surface area contributed by atoms with Gasteiger partial charge in [-0.1, -0.05) is 20.8 Å². The maximum atomic E-state index is 2.47. The second-order valence-corrected chi connectivity index (χ2v) is 5.60. The topological polar surface area (TPSA) is 3.01 Å². The fourth-order valence-corrected chi connectivity index (χ4v) is 2.03. The van der Waals surface area contributed by atoms with Gasteiger partial charge in [0.05, 0.1) is 0 Å². The Bertz CT molecular complexity index is 196. The van der Waals surface area contributed by atoms with Crippen LogP contribution >= 0.6 is 0 Å². The first-order valence-corrected chi connectivity index (χ1v) is 5.50. The fraction of sp³-hybridized carbons (Fsp3) is 0.917. The number of nitrogens with zero attached hydrogens (tertiary/aromatic N) is 1. The van der Waals surface area contributed by atoms with Crippen LogP contribution in [0.3, 0.4) is 0 Å². The molecule has 1 heterocycles. The lowest BCUT2D eigenvalue weighted by atomic mass is 9.76. The van der Waals surface area contributed by atoms with Crippen molar-refractivity contribution in [3.8, 4) is 0 Å². The fourth-order valence-electron chi connectivity index (χ4n) is 2.03. The Morgan fingerprint density at radius 2 is 1.92 bits per heavy atom. The molecule has 0 aromatic carbocycles. The van der Waals surface area contributed by atoms with E-state index in [2.05, 4.69) is 45.4 Å². The summed E-state index contributed by atoms with van der Waals surface area (Å²) in [5, 5.41) is 0. The molecule has 0 saturated heterocycles. The summed E-state index contributed by atoms with van der Waals surface area (Å²) in [7, 11) is 0. The molecule has 0 aromatic heterocycles. The molecule has 1 rings (SSSR count). The van der Waals surface area contributed by atoms with Crippen molar-refractivity contribution in [3.63, 3.8) is 0 Å². The molecule has 1 atom stereocenters. The third kappa shape index (κ3) is 2.82. The minimum Gasteiger partial charge on any atom is -0.238 e. The lowest BCUT2D eigenvalue weighted by Crippen LogP contribution is -2.34. The van der Waals surface area contributed by atoms with Crippen molar-refractivity contribution < 1.29 is 4.58 Å². The highest BCUT2D eigenvalue weighted by molar-refractivity contribution is 5.52. The monoisotopic (exact) mass is 182 g/mol. The molecule has 0 N–H and O–H groups in total. The number of rotatable bonds is 1. The smallest absolute Gasteiger partial charge is 0.146 e. The van der Waals surface area contributed by atoms with Crippen molar-refractivity contribution in [1.29, 1.82) is 0 Å². The van der Waals surface area contributed by atoms with E-state index in [0.717, 1.165) is 5.92 Å². The van der Waals surface area contributed by atoms with Gasteiger partial charge < -0.3 is 0 Å². The Morgan fingerprint density at radius 1 is 1.31 bits per heavy atom. The van der Waals surface area contributed by atoms with Gasteiger partial charge in [0.2, 0.25) is 0 Å². The van der Waals surface area contributed by atoms with Gasteiger partial charge >= 0.3 is 0 Å². The predicted octanol–water partition coefficient (Wildman–Crippen LogP) is 2.93. The second kappa shape index (κ2) is 3.81. The van der Waals surface area contributed by atoms with Crippen molar-refractivity contribution in [3.05, 3.63) is 0 Å². The Kier molecular flexibility index (Phi) is 3.15. The zero-order valence-corrected chi connectivity index (χ0v) is 9.80. The van der Waals surface area contributed by atoms with Crippen LogP contribution in [0.1, 0.15) is 47.5 Å². The zero-order chi connectivity index (χ0) is 10.1. The maximum absolute atomic E-state index is 2.47. The van der Waals surface area contributed by atoms with Crippen molar-refractivity contribution in [1.82, 2.24) is 0 Å². The van der Waals surface area contributed by atoms with E-state index < -0.39 is 0 Å². The van der Waals surface area contributed by atoms with E-state index >= 15 is 0 Å². The molecule has 0 bridgehead atoms. The van der Waals surface area contributed by atoms with Crippen LogP contribution in [-0.2, 0) is 0 Å². The van der Waals surface area contributed by atoms with E-state index in [4.69, 9.17) is 0 Å². The molecule has 1 nitrogen and oxygen atoms in total. The molecular formula is C12H24N+. The van der Waals surface area contributed by atoms with E-state index in [1.54, 1.807) is 0 Å². The molecule has 0 saturated carbocycles. The lowest BCUT2D eigenvalue weighted by molar-refractivity contribution is -0.561. The molecular weight excluding hydrogens is 158 g/mol. The van der Waals surface area contributed by atoms with Crippen molar-refractivity contribution in [2.45, 2.75) is 53.5 Å². The molecule has 0 spiro atoms. The summed E-state index contributed by atoms with van der Waals surface area (Å²) in [6, 6.07) is 0.681. The highest BCUT2D eigenvalue weighted by Crippen LogP contribution is 2.32. The molecule has 13 heavy (non-hydrogen) atoms. The minimum absolute atomic E-state index is 0.486. The van der Waals surface area contributed by atoms with Crippen molar-refractivity contribution >= 4 is 6.21 Å². The molecule has 1 aliphatic heterocycles. The van der Waals surface area contributed by atoms with Crippen LogP contribution in [0.4, 0.5) is 0 Å². The molecule has 1 unspecified atom stereocenters. The molecule has 1 aliphatic rings. The van der Waals surface area contributed by atoms with Crippen LogP contribution < -0.4 is 0 Å². The van der Waals surface area contributed by atoms with Gasteiger partial charge in [0.25, 0.3) is 0 Å². The number of hydrogen-bond acceptors (Lipinski definition) is 0. The van der Waals surface area contributed by atoms with Crippen molar-refractivity contribution in [2.24, 2.45) is 11.3 Å². The lowest BCUT2D eigenvalue weighted by Gasteiger charge is -2.31. The second-order valence-electron chi connectivity index (χ2n) is 5.60. The van der Waals surface area contributed by atoms with Gasteiger partial charge in [-0.2, -0.15) is 0 Å². The normalized spacial score (nSPS) is 24.8. The summed E-state index contributed by atoms with van der Waals surface area (Å²) in [5.41, 5.74) is 0.486.